The van der Waals surface area contributed by atoms with E-state index in [-0.39, 0.29) is 30.0 Å². The molecule has 2 amide bonds. The zero-order valence-corrected chi connectivity index (χ0v) is 29.1. The molecule has 258 valence electrons. The fourth-order valence-corrected chi connectivity index (χ4v) is 10.4. The molecule has 1 saturated heterocycles. The zero-order valence-electron chi connectivity index (χ0n) is 29.1. The molecular weight excluding hydrogens is 602 g/mol. The van der Waals surface area contributed by atoms with Gasteiger partial charge in [-0.3, -0.25) is 14.4 Å². The molecule has 3 aromatic rings. The fraction of sp³-hybridized carbons (Fsp3) is 0.615. The van der Waals surface area contributed by atoms with E-state index in [1.165, 1.54) is 39.2 Å². The van der Waals surface area contributed by atoms with Crippen LogP contribution in [0.1, 0.15) is 91.6 Å². The number of H-pyrrole nitrogens is 1. The van der Waals surface area contributed by atoms with Crippen molar-refractivity contribution in [2.75, 3.05) is 33.3 Å². The summed E-state index contributed by atoms with van der Waals surface area (Å²) >= 11 is 0. The Labute approximate surface area is 284 Å². The molecule has 0 radical (unpaired) electrons. The van der Waals surface area contributed by atoms with Gasteiger partial charge in [-0.05, 0) is 126 Å². The standard InChI is InChI=1S/C39H53N5O4/c1-23-15-35(48-4)33(38(46)42-23)22-41-39(47)37-25(3)44(34-8-6-5-7-31(34)37)24(2)28-9-12-43(13-10-28)14-11-40-36(45)21-32-29-17-26-16-27(19-29)20-30(32)18-26/h5-8,15,24,26-30,32H,9-14,16-22H2,1-4H3,(H,40,45)(H,41,47)(H,42,46)/t24-,26?,27?,29?,30?,32?/m0/s1. The van der Waals surface area contributed by atoms with E-state index < -0.39 is 0 Å². The number of nitrogens with zero attached hydrogens (tertiary/aromatic N) is 2. The highest BCUT2D eigenvalue weighted by atomic mass is 16.5. The number of likely N-dealkylation sites (tertiary alicyclic amines) is 1. The van der Waals surface area contributed by atoms with E-state index in [0.29, 0.717) is 34.4 Å². The third-order valence-electron chi connectivity index (χ3n) is 12.6. The number of amides is 2. The van der Waals surface area contributed by atoms with Crippen LogP contribution in [0.2, 0.25) is 0 Å². The van der Waals surface area contributed by atoms with Crippen LogP contribution in [0.5, 0.6) is 5.75 Å². The fourth-order valence-electron chi connectivity index (χ4n) is 10.4. The molecule has 4 aliphatic carbocycles. The van der Waals surface area contributed by atoms with Crippen LogP contribution in [0, 0.1) is 49.4 Å². The molecule has 2 aromatic heterocycles. The zero-order chi connectivity index (χ0) is 33.5. The Bertz CT molecular complexity index is 1690. The van der Waals surface area contributed by atoms with E-state index >= 15 is 0 Å². The van der Waals surface area contributed by atoms with E-state index in [1.807, 2.05) is 25.1 Å². The highest BCUT2D eigenvalue weighted by Gasteiger charge is 2.48. The summed E-state index contributed by atoms with van der Waals surface area (Å²) in [7, 11) is 1.53. The lowest BCUT2D eigenvalue weighted by Gasteiger charge is -2.54. The molecule has 48 heavy (non-hydrogen) atoms. The second-order valence-electron chi connectivity index (χ2n) is 15.4. The number of nitrogens with one attached hydrogen (secondary N) is 3. The lowest BCUT2D eigenvalue weighted by atomic mass is 9.51. The van der Waals surface area contributed by atoms with E-state index in [2.05, 4.69) is 38.1 Å². The van der Waals surface area contributed by atoms with Gasteiger partial charge in [-0.2, -0.15) is 0 Å². The summed E-state index contributed by atoms with van der Waals surface area (Å²) in [6, 6.07) is 10.1. The Morgan fingerprint density at radius 2 is 1.69 bits per heavy atom. The number of piperidine rings is 1. The van der Waals surface area contributed by atoms with Gasteiger partial charge in [0.15, 0.2) is 0 Å². The molecule has 9 heteroatoms. The smallest absolute Gasteiger partial charge is 0.256 e. The van der Waals surface area contributed by atoms with E-state index in [1.54, 1.807) is 13.0 Å². The predicted octanol–water partition coefficient (Wildman–Crippen LogP) is 5.74. The minimum absolute atomic E-state index is 0.0769. The van der Waals surface area contributed by atoms with E-state index in [4.69, 9.17) is 4.74 Å². The molecule has 3 heterocycles. The quantitative estimate of drug-likeness (QED) is 0.244. The Kier molecular flexibility index (Phi) is 9.42. The Balaban J connectivity index is 0.937. The number of ether oxygens (including phenoxy) is 1. The van der Waals surface area contributed by atoms with Gasteiger partial charge in [0.25, 0.3) is 11.5 Å². The molecule has 5 fully saturated rings. The minimum atomic E-state index is -0.258. The third-order valence-corrected chi connectivity index (χ3v) is 12.6. The predicted molar refractivity (Wildman–Crippen MR) is 188 cm³/mol. The number of benzene rings is 1. The van der Waals surface area contributed by atoms with Crippen molar-refractivity contribution >= 4 is 22.7 Å². The van der Waals surface area contributed by atoms with Gasteiger partial charge in [0.05, 0.1) is 24.8 Å². The van der Waals surface area contributed by atoms with Crippen molar-refractivity contribution in [2.24, 2.45) is 35.5 Å². The first-order valence-corrected chi connectivity index (χ1v) is 18.3. The van der Waals surface area contributed by atoms with Gasteiger partial charge in [0.1, 0.15) is 5.75 Å². The maximum Gasteiger partial charge on any atom is 0.256 e. The number of aromatic amines is 1. The van der Waals surface area contributed by atoms with E-state index in [9.17, 15) is 14.4 Å². The highest BCUT2D eigenvalue weighted by molar-refractivity contribution is 6.08. The number of aryl methyl sites for hydroxylation is 1. The molecule has 4 saturated carbocycles. The number of hydrogen-bond acceptors (Lipinski definition) is 5. The van der Waals surface area contributed by atoms with Crippen molar-refractivity contribution < 1.29 is 14.3 Å². The van der Waals surface area contributed by atoms with Crippen molar-refractivity contribution in [3.8, 4) is 5.75 Å². The number of aromatic nitrogens is 2. The van der Waals surface area contributed by atoms with Crippen LogP contribution < -0.4 is 20.9 Å². The van der Waals surface area contributed by atoms with Gasteiger partial charge in [0, 0.05) is 47.8 Å². The number of carbonyl (C=O) groups excluding carboxylic acids is 2. The van der Waals surface area contributed by atoms with Crippen molar-refractivity contribution in [1.29, 1.82) is 0 Å². The molecule has 1 atom stereocenters. The average molecular weight is 656 g/mol. The Hall–Kier alpha value is -3.59. The molecule has 1 aliphatic heterocycles. The number of rotatable bonds is 11. The van der Waals surface area contributed by atoms with Gasteiger partial charge in [-0.1, -0.05) is 18.2 Å². The average Bonchev–Trinajstić information content (AvgIpc) is 3.36. The number of hydrogen-bond donors (Lipinski definition) is 3. The first-order chi connectivity index (χ1) is 23.2. The molecule has 4 bridgehead atoms. The summed E-state index contributed by atoms with van der Waals surface area (Å²) in [5, 5.41) is 7.19. The van der Waals surface area contributed by atoms with Gasteiger partial charge in [-0.15, -0.1) is 0 Å². The molecule has 1 aromatic carbocycles. The first-order valence-electron chi connectivity index (χ1n) is 18.3. The molecule has 5 aliphatic rings. The first kappa shape index (κ1) is 32.9. The number of fused-ring (bicyclic) bond motifs is 1. The topological polar surface area (TPSA) is 108 Å². The third kappa shape index (κ3) is 6.42. The van der Waals surface area contributed by atoms with Gasteiger partial charge in [0.2, 0.25) is 5.91 Å². The number of pyridine rings is 1. The largest absolute Gasteiger partial charge is 0.496 e. The van der Waals surface area contributed by atoms with Crippen molar-refractivity contribution in [1.82, 2.24) is 25.1 Å². The summed E-state index contributed by atoms with van der Waals surface area (Å²) < 4.78 is 7.77. The lowest BCUT2D eigenvalue weighted by Crippen LogP contribution is -2.47. The van der Waals surface area contributed by atoms with Crippen LogP contribution in [0.4, 0.5) is 0 Å². The minimum Gasteiger partial charge on any atom is -0.496 e. The van der Waals surface area contributed by atoms with Gasteiger partial charge >= 0.3 is 0 Å². The summed E-state index contributed by atoms with van der Waals surface area (Å²) in [5.41, 5.74) is 3.51. The van der Waals surface area contributed by atoms with Gasteiger partial charge < -0.3 is 29.8 Å². The Morgan fingerprint density at radius 3 is 2.38 bits per heavy atom. The van der Waals surface area contributed by atoms with Crippen molar-refractivity contribution in [2.45, 2.75) is 84.7 Å². The molecule has 0 unspecified atom stereocenters. The monoisotopic (exact) mass is 655 g/mol. The van der Waals surface area contributed by atoms with Crippen molar-refractivity contribution in [3.63, 3.8) is 0 Å². The summed E-state index contributed by atoms with van der Waals surface area (Å²) in [6.07, 6.45) is 9.83. The summed E-state index contributed by atoms with van der Waals surface area (Å²) in [6.45, 7) is 9.85. The van der Waals surface area contributed by atoms with E-state index in [0.717, 1.165) is 85.7 Å². The number of carbonyl (C=O) groups is 2. The van der Waals surface area contributed by atoms with Crippen LogP contribution in [0.3, 0.4) is 0 Å². The van der Waals surface area contributed by atoms with Crippen LogP contribution in [0.15, 0.2) is 35.1 Å². The normalized spacial score (nSPS) is 26.1. The maximum atomic E-state index is 13.7. The summed E-state index contributed by atoms with van der Waals surface area (Å²) in [5.74, 6) is 5.13. The van der Waals surface area contributed by atoms with Crippen LogP contribution in [-0.2, 0) is 11.3 Å². The van der Waals surface area contributed by atoms with Gasteiger partial charge in [-0.25, -0.2) is 0 Å². The highest BCUT2D eigenvalue weighted by Crippen LogP contribution is 2.57. The molecule has 0 spiro atoms. The molecule has 3 N–H and O–H groups in total. The van der Waals surface area contributed by atoms with Crippen LogP contribution >= 0.6 is 0 Å². The lowest BCUT2D eigenvalue weighted by molar-refractivity contribution is -0.126. The molecule has 9 nitrogen and oxygen atoms in total. The maximum absolute atomic E-state index is 13.7. The molecule has 8 rings (SSSR count). The van der Waals surface area contributed by atoms with Crippen LogP contribution in [-0.4, -0.2) is 59.6 Å². The SMILES string of the molecule is COc1cc(C)[nH]c(=O)c1CNC(=O)c1c(C)n([C@@H](C)C2CCN(CCNC(=O)CC3C4CC5CC(C4)CC3C5)CC2)c2ccccc12. The number of para-hydroxylation sites is 1. The second-order valence-corrected chi connectivity index (χ2v) is 15.4. The Morgan fingerprint density at radius 1 is 1.00 bits per heavy atom. The van der Waals surface area contributed by atoms with Crippen LogP contribution in [0.25, 0.3) is 10.9 Å². The molecular formula is C39H53N5O4. The number of methoxy groups -OCH3 is 1. The second kappa shape index (κ2) is 13.7. The summed E-state index contributed by atoms with van der Waals surface area (Å²) in [4.78, 5) is 44.6. The van der Waals surface area contributed by atoms with Crippen molar-refractivity contribution in [3.05, 3.63) is 63.2 Å².